The number of hydrogen-bond donors (Lipinski definition) is 0. The standard InChI is InChI=1S/C9H7ClO3S/c10-14(11,12)6-8-5-7-3-1-2-4-9(7)13-8/h1-5H,6H2. The minimum absolute atomic E-state index is 0.275. The highest BCUT2D eigenvalue weighted by atomic mass is 35.7. The lowest BCUT2D eigenvalue weighted by Crippen LogP contribution is -1.92. The first kappa shape index (κ1) is 9.55. The van der Waals surface area contributed by atoms with Crippen LogP contribution in [0.1, 0.15) is 5.76 Å². The van der Waals surface area contributed by atoms with Gasteiger partial charge in [-0.1, -0.05) is 18.2 Å². The van der Waals surface area contributed by atoms with Crippen LogP contribution in [-0.4, -0.2) is 8.42 Å². The molecule has 1 heterocycles. The number of hydrogen-bond acceptors (Lipinski definition) is 3. The van der Waals surface area contributed by atoms with Gasteiger partial charge in [-0.2, -0.15) is 0 Å². The Labute approximate surface area is 85.7 Å². The SMILES string of the molecule is O=S(=O)(Cl)Cc1cc2ccccc2o1. The van der Waals surface area contributed by atoms with E-state index in [1.54, 1.807) is 12.1 Å². The first-order chi connectivity index (χ1) is 6.54. The van der Waals surface area contributed by atoms with Gasteiger partial charge in [0.1, 0.15) is 17.1 Å². The molecule has 1 aromatic heterocycles. The molecule has 0 aliphatic heterocycles. The van der Waals surface area contributed by atoms with E-state index in [9.17, 15) is 8.42 Å². The number of para-hydroxylation sites is 1. The molecule has 0 saturated carbocycles. The zero-order chi connectivity index (χ0) is 10.2. The first-order valence-electron chi connectivity index (χ1n) is 3.94. The maximum absolute atomic E-state index is 10.8. The zero-order valence-electron chi connectivity index (χ0n) is 7.10. The number of furan rings is 1. The van der Waals surface area contributed by atoms with Crippen LogP contribution in [0.15, 0.2) is 34.7 Å². The molecule has 0 aliphatic carbocycles. The molecule has 5 heteroatoms. The summed E-state index contributed by atoms with van der Waals surface area (Å²) in [5.74, 6) is 0.0877. The van der Waals surface area contributed by atoms with E-state index >= 15 is 0 Å². The van der Waals surface area contributed by atoms with Crippen molar-refractivity contribution in [2.45, 2.75) is 5.75 Å². The second kappa shape index (κ2) is 3.29. The summed E-state index contributed by atoms with van der Waals surface area (Å²) in [6, 6.07) is 8.99. The van der Waals surface area contributed by atoms with Gasteiger partial charge < -0.3 is 4.42 Å². The van der Waals surface area contributed by atoms with Crippen molar-refractivity contribution in [1.29, 1.82) is 0 Å². The van der Waals surface area contributed by atoms with Crippen LogP contribution in [0.3, 0.4) is 0 Å². The number of rotatable bonds is 2. The van der Waals surface area contributed by atoms with Gasteiger partial charge in [0.05, 0.1) is 0 Å². The third kappa shape index (κ3) is 2.08. The minimum atomic E-state index is -3.55. The van der Waals surface area contributed by atoms with Crippen LogP contribution in [-0.2, 0) is 14.8 Å². The molecule has 1 aromatic carbocycles. The van der Waals surface area contributed by atoms with E-state index in [0.29, 0.717) is 11.3 Å². The molecule has 0 N–H and O–H groups in total. The van der Waals surface area contributed by atoms with Crippen molar-refractivity contribution < 1.29 is 12.8 Å². The Bertz CT molecular complexity index is 523. The Balaban J connectivity index is 2.46. The predicted octanol–water partition coefficient (Wildman–Crippen LogP) is 2.50. The molecule has 0 aliphatic rings. The maximum atomic E-state index is 10.8. The molecule has 2 rings (SSSR count). The molecule has 2 aromatic rings. The summed E-state index contributed by atoms with van der Waals surface area (Å²) >= 11 is 0. The maximum Gasteiger partial charge on any atom is 0.239 e. The lowest BCUT2D eigenvalue weighted by molar-refractivity contribution is 0.560. The molecule has 0 unspecified atom stereocenters. The summed E-state index contributed by atoms with van der Waals surface area (Å²) in [6.45, 7) is 0. The second-order valence-electron chi connectivity index (χ2n) is 2.93. The molecule has 0 atom stereocenters. The molecular weight excluding hydrogens is 224 g/mol. The summed E-state index contributed by atoms with van der Waals surface area (Å²) in [5, 5.41) is 0.878. The summed E-state index contributed by atoms with van der Waals surface area (Å²) in [6.07, 6.45) is 0. The average Bonchev–Trinajstić information content (AvgIpc) is 2.42. The van der Waals surface area contributed by atoms with Gasteiger partial charge in [-0.25, -0.2) is 8.42 Å². The Hall–Kier alpha value is -1.00. The molecule has 0 bridgehead atoms. The lowest BCUT2D eigenvalue weighted by Gasteiger charge is -1.89. The van der Waals surface area contributed by atoms with Crippen molar-refractivity contribution >= 4 is 30.7 Å². The smallest absolute Gasteiger partial charge is 0.239 e. The highest BCUT2D eigenvalue weighted by Gasteiger charge is 2.11. The largest absolute Gasteiger partial charge is 0.460 e. The number of fused-ring (bicyclic) bond motifs is 1. The summed E-state index contributed by atoms with van der Waals surface area (Å²) in [4.78, 5) is 0. The monoisotopic (exact) mass is 230 g/mol. The van der Waals surface area contributed by atoms with Gasteiger partial charge in [-0.05, 0) is 12.1 Å². The van der Waals surface area contributed by atoms with Crippen LogP contribution < -0.4 is 0 Å². The Morgan fingerprint density at radius 3 is 2.64 bits per heavy atom. The van der Waals surface area contributed by atoms with Gasteiger partial charge >= 0.3 is 0 Å². The Kier molecular flexibility index (Phi) is 2.25. The topological polar surface area (TPSA) is 47.3 Å². The van der Waals surface area contributed by atoms with Crippen molar-refractivity contribution in [3.63, 3.8) is 0 Å². The molecule has 0 amide bonds. The van der Waals surface area contributed by atoms with Crippen LogP contribution in [0, 0.1) is 0 Å². The summed E-state index contributed by atoms with van der Waals surface area (Å²) in [5.41, 5.74) is 0.669. The molecule has 0 radical (unpaired) electrons. The van der Waals surface area contributed by atoms with Gasteiger partial charge in [0.15, 0.2) is 0 Å². The lowest BCUT2D eigenvalue weighted by atomic mass is 10.2. The van der Waals surface area contributed by atoms with Crippen LogP contribution in [0.25, 0.3) is 11.0 Å². The fraction of sp³-hybridized carbons (Fsp3) is 0.111. The van der Waals surface area contributed by atoms with Crippen LogP contribution in [0.2, 0.25) is 0 Å². The minimum Gasteiger partial charge on any atom is -0.460 e. The third-order valence-electron chi connectivity index (χ3n) is 1.79. The van der Waals surface area contributed by atoms with Gasteiger partial charge in [-0.3, -0.25) is 0 Å². The molecule has 0 saturated heterocycles. The summed E-state index contributed by atoms with van der Waals surface area (Å²) < 4.78 is 26.8. The molecule has 0 spiro atoms. The van der Waals surface area contributed by atoms with Crippen molar-refractivity contribution in [2.24, 2.45) is 0 Å². The first-order valence-corrected chi connectivity index (χ1v) is 6.42. The van der Waals surface area contributed by atoms with E-state index in [1.165, 1.54) is 0 Å². The van der Waals surface area contributed by atoms with Gasteiger partial charge in [-0.15, -0.1) is 0 Å². The number of halogens is 1. The van der Waals surface area contributed by atoms with Crippen LogP contribution >= 0.6 is 10.7 Å². The second-order valence-corrected chi connectivity index (χ2v) is 5.71. The molecule has 74 valence electrons. The predicted molar refractivity (Wildman–Crippen MR) is 54.7 cm³/mol. The van der Waals surface area contributed by atoms with Crippen LogP contribution in [0.4, 0.5) is 0 Å². The Morgan fingerprint density at radius 1 is 1.29 bits per heavy atom. The normalized spacial score (nSPS) is 12.1. The molecule has 3 nitrogen and oxygen atoms in total. The third-order valence-corrected chi connectivity index (χ3v) is 2.75. The quantitative estimate of drug-likeness (QED) is 0.745. The van der Waals surface area contributed by atoms with Crippen molar-refractivity contribution in [1.82, 2.24) is 0 Å². The van der Waals surface area contributed by atoms with Crippen molar-refractivity contribution in [3.8, 4) is 0 Å². The van der Waals surface area contributed by atoms with Crippen molar-refractivity contribution in [2.75, 3.05) is 0 Å². The van der Waals surface area contributed by atoms with E-state index in [1.807, 2.05) is 18.2 Å². The average molecular weight is 231 g/mol. The van der Waals surface area contributed by atoms with E-state index in [-0.39, 0.29) is 5.75 Å². The zero-order valence-corrected chi connectivity index (χ0v) is 8.68. The Morgan fingerprint density at radius 2 is 2.00 bits per heavy atom. The van der Waals surface area contributed by atoms with E-state index in [2.05, 4.69) is 0 Å². The van der Waals surface area contributed by atoms with Gasteiger partial charge in [0.2, 0.25) is 9.05 Å². The fourth-order valence-electron chi connectivity index (χ4n) is 1.28. The molecule has 14 heavy (non-hydrogen) atoms. The molecule has 0 fully saturated rings. The van der Waals surface area contributed by atoms with Gasteiger partial charge in [0.25, 0.3) is 0 Å². The highest BCUT2D eigenvalue weighted by molar-refractivity contribution is 8.13. The highest BCUT2D eigenvalue weighted by Crippen LogP contribution is 2.21. The van der Waals surface area contributed by atoms with Gasteiger partial charge in [0, 0.05) is 16.1 Å². The summed E-state index contributed by atoms with van der Waals surface area (Å²) in [7, 11) is 1.56. The fourth-order valence-corrected chi connectivity index (χ4v) is 2.08. The molecular formula is C9H7ClO3S. The van der Waals surface area contributed by atoms with Crippen molar-refractivity contribution in [3.05, 3.63) is 36.1 Å². The number of benzene rings is 1. The van der Waals surface area contributed by atoms with E-state index in [4.69, 9.17) is 15.1 Å². The van der Waals surface area contributed by atoms with E-state index in [0.717, 1.165) is 5.39 Å². The van der Waals surface area contributed by atoms with Crippen LogP contribution in [0.5, 0.6) is 0 Å². The van der Waals surface area contributed by atoms with E-state index < -0.39 is 9.05 Å².